The minimum atomic E-state index is 0.265. The molecule has 4 heteroatoms. The van der Waals surface area contributed by atoms with Gasteiger partial charge in [-0.1, -0.05) is 0 Å². The van der Waals surface area contributed by atoms with Gasteiger partial charge in [0.1, 0.15) is 0 Å². The van der Waals surface area contributed by atoms with Gasteiger partial charge in [-0.2, -0.15) is 0 Å². The van der Waals surface area contributed by atoms with Crippen LogP contribution in [0.4, 0.5) is 4.79 Å². The molecule has 2 fully saturated rings. The fraction of sp³-hybridized carbons (Fsp3) is 0.909. The normalized spacial score (nSPS) is 23.1. The van der Waals surface area contributed by atoms with E-state index in [1.54, 1.807) is 0 Å². The first-order valence-electron chi connectivity index (χ1n) is 6.03. The van der Waals surface area contributed by atoms with Gasteiger partial charge in [0.2, 0.25) is 0 Å². The Balaban J connectivity index is 1.87. The highest BCUT2D eigenvalue weighted by Gasteiger charge is 2.33. The zero-order valence-electron chi connectivity index (χ0n) is 9.54. The van der Waals surface area contributed by atoms with Gasteiger partial charge >= 0.3 is 6.03 Å². The van der Waals surface area contributed by atoms with Gasteiger partial charge in [-0.15, -0.1) is 0 Å². The molecule has 1 heterocycles. The van der Waals surface area contributed by atoms with Gasteiger partial charge < -0.3 is 15.1 Å². The molecule has 1 N–H and O–H groups in total. The van der Waals surface area contributed by atoms with Crippen LogP contribution in [0.25, 0.3) is 0 Å². The van der Waals surface area contributed by atoms with Gasteiger partial charge in [0.05, 0.1) is 0 Å². The van der Waals surface area contributed by atoms with Crippen molar-refractivity contribution in [2.45, 2.75) is 31.7 Å². The van der Waals surface area contributed by atoms with Gasteiger partial charge in [0, 0.05) is 32.2 Å². The molecule has 2 amide bonds. The van der Waals surface area contributed by atoms with E-state index in [0.29, 0.717) is 6.04 Å². The van der Waals surface area contributed by atoms with Crippen molar-refractivity contribution in [3.63, 3.8) is 0 Å². The lowest BCUT2D eigenvalue weighted by Gasteiger charge is -2.43. The van der Waals surface area contributed by atoms with Crippen LogP contribution >= 0.6 is 0 Å². The summed E-state index contributed by atoms with van der Waals surface area (Å²) in [6, 6.07) is 0.816. The maximum atomic E-state index is 12.1. The van der Waals surface area contributed by atoms with Crippen molar-refractivity contribution in [2.24, 2.45) is 0 Å². The van der Waals surface area contributed by atoms with Crippen LogP contribution in [0, 0.1) is 0 Å². The van der Waals surface area contributed by atoms with Crippen LogP contribution in [0.5, 0.6) is 0 Å². The van der Waals surface area contributed by atoms with E-state index in [9.17, 15) is 4.79 Å². The molecule has 4 nitrogen and oxygen atoms in total. The Morgan fingerprint density at radius 3 is 2.73 bits per heavy atom. The van der Waals surface area contributed by atoms with Gasteiger partial charge in [-0.25, -0.2) is 4.79 Å². The molecule has 1 saturated heterocycles. The molecule has 0 spiro atoms. The predicted octanol–water partition coefficient (Wildman–Crippen LogP) is 0.886. The summed E-state index contributed by atoms with van der Waals surface area (Å²) in [5, 5.41) is 3.10. The highest BCUT2D eigenvalue weighted by Crippen LogP contribution is 2.27. The summed E-state index contributed by atoms with van der Waals surface area (Å²) in [4.78, 5) is 16.2. The van der Waals surface area contributed by atoms with Gasteiger partial charge in [0.15, 0.2) is 0 Å². The minimum absolute atomic E-state index is 0.265. The molecule has 2 rings (SSSR count). The Morgan fingerprint density at radius 2 is 2.13 bits per heavy atom. The zero-order valence-corrected chi connectivity index (χ0v) is 9.54. The van der Waals surface area contributed by atoms with Crippen LogP contribution in [-0.2, 0) is 0 Å². The Morgan fingerprint density at radius 1 is 1.33 bits per heavy atom. The summed E-state index contributed by atoms with van der Waals surface area (Å²) in [6.07, 6.45) is 4.86. The van der Waals surface area contributed by atoms with Gasteiger partial charge in [-0.3, -0.25) is 0 Å². The maximum Gasteiger partial charge on any atom is 0.320 e. The zero-order chi connectivity index (χ0) is 10.7. The molecule has 2 aliphatic rings. The van der Waals surface area contributed by atoms with Crippen LogP contribution < -0.4 is 5.32 Å². The third kappa shape index (κ3) is 2.25. The number of hydrogen-bond acceptors (Lipinski definition) is 2. The summed E-state index contributed by atoms with van der Waals surface area (Å²) >= 11 is 0. The minimum Gasteiger partial charge on any atom is -0.323 e. The van der Waals surface area contributed by atoms with E-state index in [1.165, 1.54) is 19.3 Å². The molecule has 1 aliphatic heterocycles. The number of amides is 2. The highest BCUT2D eigenvalue weighted by atomic mass is 16.2. The molecule has 0 unspecified atom stereocenters. The van der Waals surface area contributed by atoms with Gasteiger partial charge in [-0.05, 0) is 32.7 Å². The third-order valence-corrected chi connectivity index (χ3v) is 3.49. The first-order valence-corrected chi connectivity index (χ1v) is 6.03. The van der Waals surface area contributed by atoms with E-state index in [4.69, 9.17) is 0 Å². The topological polar surface area (TPSA) is 35.6 Å². The lowest BCUT2D eigenvalue weighted by atomic mass is 9.91. The number of nitrogens with zero attached hydrogens (tertiary/aromatic N) is 2. The molecule has 0 atom stereocenters. The fourth-order valence-electron chi connectivity index (χ4n) is 2.30. The Bertz CT molecular complexity index is 228. The van der Waals surface area contributed by atoms with Crippen molar-refractivity contribution >= 4 is 6.03 Å². The molecule has 0 aromatic heterocycles. The number of carbonyl (C=O) groups is 1. The molecular weight excluding hydrogens is 190 g/mol. The molecule has 0 radical (unpaired) electrons. The molecule has 0 aromatic carbocycles. The summed E-state index contributed by atoms with van der Waals surface area (Å²) in [5.74, 6) is 0. The van der Waals surface area contributed by atoms with E-state index in [-0.39, 0.29) is 6.03 Å². The SMILES string of the molecule is CNCCN1CCCN(C2CCC2)C1=O. The predicted molar refractivity (Wildman–Crippen MR) is 59.9 cm³/mol. The second-order valence-electron chi connectivity index (χ2n) is 4.50. The van der Waals surface area contributed by atoms with Crippen molar-refractivity contribution in [1.82, 2.24) is 15.1 Å². The maximum absolute atomic E-state index is 12.1. The molecule has 0 bridgehead atoms. The molecular formula is C11H21N3O. The highest BCUT2D eigenvalue weighted by molar-refractivity contribution is 5.75. The van der Waals surface area contributed by atoms with Crippen molar-refractivity contribution in [3.05, 3.63) is 0 Å². The first kappa shape index (κ1) is 10.7. The number of carbonyl (C=O) groups excluding carboxylic acids is 1. The average molecular weight is 211 g/mol. The van der Waals surface area contributed by atoms with Crippen LogP contribution in [-0.4, -0.2) is 55.1 Å². The Hall–Kier alpha value is -0.770. The molecule has 0 aromatic rings. The van der Waals surface area contributed by atoms with E-state index in [0.717, 1.165) is 32.6 Å². The monoisotopic (exact) mass is 211 g/mol. The molecule has 1 aliphatic carbocycles. The largest absolute Gasteiger partial charge is 0.323 e. The Kier molecular flexibility index (Phi) is 3.46. The molecule has 15 heavy (non-hydrogen) atoms. The smallest absolute Gasteiger partial charge is 0.320 e. The van der Waals surface area contributed by atoms with Gasteiger partial charge in [0.25, 0.3) is 0 Å². The second-order valence-corrected chi connectivity index (χ2v) is 4.50. The number of nitrogens with one attached hydrogen (secondary N) is 1. The fourth-order valence-corrected chi connectivity index (χ4v) is 2.30. The van der Waals surface area contributed by atoms with Crippen LogP contribution in [0.1, 0.15) is 25.7 Å². The summed E-state index contributed by atoms with van der Waals surface area (Å²) in [6.45, 7) is 3.64. The number of urea groups is 1. The third-order valence-electron chi connectivity index (χ3n) is 3.49. The van der Waals surface area contributed by atoms with Crippen molar-refractivity contribution in [2.75, 3.05) is 33.2 Å². The van der Waals surface area contributed by atoms with Crippen molar-refractivity contribution in [3.8, 4) is 0 Å². The standard InChI is InChI=1S/C11H21N3O/c1-12-6-9-13-7-3-8-14(11(13)15)10-4-2-5-10/h10,12H,2-9H2,1H3. The average Bonchev–Trinajstić information content (AvgIpc) is 2.17. The summed E-state index contributed by atoms with van der Waals surface area (Å²) < 4.78 is 0. The summed E-state index contributed by atoms with van der Waals surface area (Å²) in [5.41, 5.74) is 0. The van der Waals surface area contributed by atoms with E-state index < -0.39 is 0 Å². The molecule has 86 valence electrons. The van der Waals surface area contributed by atoms with E-state index >= 15 is 0 Å². The van der Waals surface area contributed by atoms with E-state index in [1.807, 2.05) is 11.9 Å². The number of hydrogen-bond donors (Lipinski definition) is 1. The van der Waals surface area contributed by atoms with Crippen LogP contribution in [0.15, 0.2) is 0 Å². The quantitative estimate of drug-likeness (QED) is 0.749. The molecule has 1 saturated carbocycles. The first-order chi connectivity index (χ1) is 7.33. The lowest BCUT2D eigenvalue weighted by molar-refractivity contribution is 0.0834. The lowest BCUT2D eigenvalue weighted by Crippen LogP contribution is -2.55. The van der Waals surface area contributed by atoms with Crippen molar-refractivity contribution in [1.29, 1.82) is 0 Å². The van der Waals surface area contributed by atoms with Crippen molar-refractivity contribution < 1.29 is 4.79 Å². The second kappa shape index (κ2) is 4.84. The van der Waals surface area contributed by atoms with Crippen LogP contribution in [0.2, 0.25) is 0 Å². The summed E-state index contributed by atoms with van der Waals surface area (Å²) in [7, 11) is 1.93. The van der Waals surface area contributed by atoms with E-state index in [2.05, 4.69) is 10.2 Å². The van der Waals surface area contributed by atoms with Crippen LogP contribution in [0.3, 0.4) is 0 Å². The number of rotatable bonds is 4. The number of likely N-dealkylation sites (N-methyl/N-ethyl adjacent to an activating group) is 1. The Labute approximate surface area is 91.6 Å².